The quantitative estimate of drug-likeness (QED) is 0.480. The van der Waals surface area contributed by atoms with Crippen LogP contribution in [0.15, 0.2) is 36.4 Å². The second-order valence-electron chi connectivity index (χ2n) is 10.4. The highest BCUT2D eigenvalue weighted by Crippen LogP contribution is 2.36. The van der Waals surface area contributed by atoms with E-state index in [2.05, 4.69) is 35.3 Å². The number of morpholine rings is 1. The van der Waals surface area contributed by atoms with Gasteiger partial charge < -0.3 is 29.3 Å². The van der Waals surface area contributed by atoms with Crippen LogP contribution in [0.3, 0.4) is 0 Å². The summed E-state index contributed by atoms with van der Waals surface area (Å²) in [7, 11) is 1.84. The van der Waals surface area contributed by atoms with E-state index in [-0.39, 0.29) is 18.6 Å². The van der Waals surface area contributed by atoms with Crippen LogP contribution in [0.5, 0.6) is 11.5 Å². The third-order valence-electron chi connectivity index (χ3n) is 7.38. The summed E-state index contributed by atoms with van der Waals surface area (Å²) in [4.78, 5) is 26.5. The average molecular weight is 534 g/mol. The summed E-state index contributed by atoms with van der Waals surface area (Å²) < 4.78 is 17.8. The van der Waals surface area contributed by atoms with Crippen LogP contribution in [0.4, 0.5) is 11.5 Å². The molecule has 0 radical (unpaired) electrons. The molecule has 1 saturated heterocycles. The van der Waals surface area contributed by atoms with Crippen LogP contribution >= 0.6 is 0 Å². The van der Waals surface area contributed by atoms with Crippen LogP contribution in [0.2, 0.25) is 0 Å². The van der Waals surface area contributed by atoms with E-state index in [4.69, 9.17) is 24.2 Å². The number of nitrogens with zero attached hydrogens (tertiary/aromatic N) is 4. The summed E-state index contributed by atoms with van der Waals surface area (Å²) in [5.41, 5.74) is 2.80. The van der Waals surface area contributed by atoms with Crippen LogP contribution in [-0.2, 0) is 9.53 Å². The van der Waals surface area contributed by atoms with Crippen LogP contribution in [0, 0.1) is 6.92 Å². The first-order valence-electron chi connectivity index (χ1n) is 14.0. The van der Waals surface area contributed by atoms with Gasteiger partial charge in [-0.1, -0.05) is 25.0 Å². The molecule has 1 N–H and O–H groups in total. The molecule has 3 aromatic rings. The molecule has 39 heavy (non-hydrogen) atoms. The van der Waals surface area contributed by atoms with Crippen molar-refractivity contribution in [3.8, 4) is 11.5 Å². The number of carbonyl (C=O) groups excluding carboxylic acids is 1. The Balaban J connectivity index is 1.55. The number of aromatic nitrogens is 2. The predicted octanol–water partition coefficient (Wildman–Crippen LogP) is 4.74. The number of likely N-dealkylation sites (N-methyl/N-ethyl adjacent to an activating group) is 1. The average Bonchev–Trinajstić information content (AvgIpc) is 2.95. The highest BCUT2D eigenvalue weighted by Gasteiger charge is 2.20. The van der Waals surface area contributed by atoms with Crippen molar-refractivity contribution in [2.75, 3.05) is 63.3 Å². The maximum atomic E-state index is 12.9. The van der Waals surface area contributed by atoms with E-state index >= 15 is 0 Å². The molecule has 1 fully saturated rings. The number of amides is 1. The van der Waals surface area contributed by atoms with Gasteiger partial charge in [0.25, 0.3) is 5.91 Å². The zero-order valence-electron chi connectivity index (χ0n) is 23.2. The van der Waals surface area contributed by atoms with Crippen LogP contribution in [0.25, 0.3) is 10.9 Å². The van der Waals surface area contributed by atoms with Gasteiger partial charge in [-0.05, 0) is 50.5 Å². The number of benzene rings is 2. The molecule has 6 bridgehead atoms. The number of ether oxygens (including phenoxy) is 3. The van der Waals surface area contributed by atoms with Gasteiger partial charge in [-0.3, -0.25) is 4.79 Å². The largest absolute Gasteiger partial charge is 0.494 e. The first-order valence-corrected chi connectivity index (χ1v) is 14.0. The zero-order valence-corrected chi connectivity index (χ0v) is 23.2. The van der Waals surface area contributed by atoms with Crippen LogP contribution in [0.1, 0.15) is 50.0 Å². The second-order valence-corrected chi connectivity index (χ2v) is 10.4. The Bertz CT molecular complexity index is 1290. The third kappa shape index (κ3) is 6.71. The van der Waals surface area contributed by atoms with Crippen molar-refractivity contribution in [3.63, 3.8) is 0 Å². The SMILES string of the molecule is Cc1nc2c3cc(N4CCOCC4)cc(c3n1)OCC(=O)N(C)CCCCCCOc1cccc(c1)[C@@H](C)N2. The maximum absolute atomic E-state index is 12.9. The molecule has 0 saturated carbocycles. The van der Waals surface area contributed by atoms with Crippen LogP contribution < -0.4 is 19.7 Å². The number of nitrogens with one attached hydrogen (secondary N) is 1. The molecule has 0 spiro atoms. The van der Waals surface area contributed by atoms with E-state index in [0.29, 0.717) is 43.5 Å². The summed E-state index contributed by atoms with van der Waals surface area (Å²) in [6, 6.07) is 12.3. The smallest absolute Gasteiger partial charge is 0.260 e. The Labute approximate surface area is 230 Å². The molecule has 0 aliphatic carbocycles. The molecule has 2 aromatic carbocycles. The summed E-state index contributed by atoms with van der Waals surface area (Å²) >= 11 is 0. The summed E-state index contributed by atoms with van der Waals surface area (Å²) in [5.74, 6) is 2.77. The minimum absolute atomic E-state index is 0.0247. The molecule has 1 atom stereocenters. The Kier molecular flexibility index (Phi) is 8.66. The lowest BCUT2D eigenvalue weighted by Gasteiger charge is -2.30. The lowest BCUT2D eigenvalue weighted by molar-refractivity contribution is -0.132. The van der Waals surface area contributed by atoms with Gasteiger partial charge in [0.2, 0.25) is 0 Å². The summed E-state index contributed by atoms with van der Waals surface area (Å²) in [5, 5.41) is 4.47. The minimum Gasteiger partial charge on any atom is -0.494 e. The Morgan fingerprint density at radius 3 is 2.62 bits per heavy atom. The highest BCUT2D eigenvalue weighted by atomic mass is 16.5. The zero-order chi connectivity index (χ0) is 27.2. The highest BCUT2D eigenvalue weighted by molar-refractivity contribution is 5.96. The van der Waals surface area contributed by atoms with E-state index in [1.54, 1.807) is 4.90 Å². The first-order chi connectivity index (χ1) is 19.0. The molecule has 1 aromatic heterocycles. The van der Waals surface area contributed by atoms with Crippen molar-refractivity contribution >= 4 is 28.3 Å². The Morgan fingerprint density at radius 2 is 1.77 bits per heavy atom. The van der Waals surface area contributed by atoms with E-state index in [0.717, 1.165) is 67.0 Å². The predicted molar refractivity (Wildman–Crippen MR) is 153 cm³/mol. The van der Waals surface area contributed by atoms with E-state index in [1.165, 1.54) is 0 Å². The molecular formula is C30H39N5O4. The van der Waals surface area contributed by atoms with E-state index in [1.807, 2.05) is 32.2 Å². The lowest BCUT2D eigenvalue weighted by Crippen LogP contribution is -2.36. The third-order valence-corrected chi connectivity index (χ3v) is 7.38. The molecule has 2 aliphatic rings. The van der Waals surface area contributed by atoms with Crippen molar-refractivity contribution in [2.24, 2.45) is 0 Å². The normalized spacial score (nSPS) is 19.8. The Morgan fingerprint density at radius 1 is 0.949 bits per heavy atom. The monoisotopic (exact) mass is 533 g/mol. The molecule has 0 unspecified atom stereocenters. The van der Waals surface area contributed by atoms with Gasteiger partial charge in [0.1, 0.15) is 28.7 Å². The van der Waals surface area contributed by atoms with Gasteiger partial charge in [0.05, 0.1) is 25.9 Å². The molecule has 3 heterocycles. The van der Waals surface area contributed by atoms with Gasteiger partial charge >= 0.3 is 0 Å². The van der Waals surface area contributed by atoms with E-state index in [9.17, 15) is 4.79 Å². The molecule has 2 aliphatic heterocycles. The van der Waals surface area contributed by atoms with E-state index < -0.39 is 0 Å². The fourth-order valence-corrected chi connectivity index (χ4v) is 5.05. The van der Waals surface area contributed by atoms with Crippen molar-refractivity contribution in [1.82, 2.24) is 14.9 Å². The number of hydrogen-bond donors (Lipinski definition) is 1. The first kappa shape index (κ1) is 27.0. The van der Waals surface area contributed by atoms with Crippen molar-refractivity contribution in [1.29, 1.82) is 0 Å². The Hall–Kier alpha value is -3.59. The molecule has 208 valence electrons. The number of carbonyl (C=O) groups is 1. The fourth-order valence-electron chi connectivity index (χ4n) is 5.05. The van der Waals surface area contributed by atoms with Gasteiger partial charge in [-0.25, -0.2) is 9.97 Å². The number of anilines is 2. The molecular weight excluding hydrogens is 494 g/mol. The van der Waals surface area contributed by atoms with Gasteiger partial charge in [0, 0.05) is 43.8 Å². The maximum Gasteiger partial charge on any atom is 0.260 e. The molecule has 1 amide bonds. The summed E-state index contributed by atoms with van der Waals surface area (Å²) in [6.45, 7) is 8.24. The number of fused-ring (bicyclic) bond motifs is 2. The summed E-state index contributed by atoms with van der Waals surface area (Å²) in [6.07, 6.45) is 4.05. The van der Waals surface area contributed by atoms with Crippen molar-refractivity contribution in [3.05, 3.63) is 47.8 Å². The second kappa shape index (κ2) is 12.5. The van der Waals surface area contributed by atoms with Crippen LogP contribution in [-0.4, -0.2) is 73.9 Å². The fraction of sp³-hybridized carbons (Fsp3) is 0.500. The molecule has 9 nitrogen and oxygen atoms in total. The van der Waals surface area contributed by atoms with Gasteiger partial charge in [-0.2, -0.15) is 0 Å². The number of aryl methyl sites for hydroxylation is 1. The minimum atomic E-state index is -0.0473. The van der Waals surface area contributed by atoms with Gasteiger partial charge in [0.15, 0.2) is 6.61 Å². The lowest BCUT2D eigenvalue weighted by atomic mass is 10.1. The topological polar surface area (TPSA) is 89.1 Å². The van der Waals surface area contributed by atoms with Gasteiger partial charge in [-0.15, -0.1) is 0 Å². The standard InChI is InChI=1S/C30H39N5O4/c1-21-23-9-8-10-25(17-23)38-14-7-5-4-6-11-34(3)28(36)20-39-27-19-24(35-12-15-37-16-13-35)18-26-29(27)32-22(2)33-30(26)31-21/h8-10,17-19,21H,4-7,11-16,20H2,1-3H3,(H,31,32,33)/t21-/m1/s1. The number of hydrogen-bond acceptors (Lipinski definition) is 8. The van der Waals surface area contributed by atoms with Crippen molar-refractivity contribution in [2.45, 2.75) is 45.6 Å². The molecule has 5 rings (SSSR count). The molecule has 9 heteroatoms. The van der Waals surface area contributed by atoms with Crippen molar-refractivity contribution < 1.29 is 19.0 Å². The number of rotatable bonds is 1.